The lowest BCUT2D eigenvalue weighted by Gasteiger charge is -2.33. The average molecular weight is 422 g/mol. The molecular weight excluding hydrogens is 398 g/mol. The highest BCUT2D eigenvalue weighted by Gasteiger charge is 2.28. The fourth-order valence-corrected chi connectivity index (χ4v) is 4.86. The lowest BCUT2D eigenvalue weighted by atomic mass is 9.93. The number of ether oxygens (including phenoxy) is 1. The standard InChI is InChI=1S/C21H24F2N2O3S/c1-12-19(21(29-24-12)28-15-3-2-4-15)14-10-16(22)20(17(23)11-14)25-7-5-13(6-8-25)9-18(26)27/h10-11,13,15H,2-9H2,1H3,(H,26,27). The molecule has 2 aliphatic rings. The molecule has 0 amide bonds. The summed E-state index contributed by atoms with van der Waals surface area (Å²) in [7, 11) is 0. The SMILES string of the molecule is Cc1nsc(OC2CCC2)c1-c1cc(F)c(N2CCC(CC(=O)O)CC2)c(F)c1. The second kappa shape index (κ2) is 8.26. The molecule has 0 atom stereocenters. The fourth-order valence-electron chi connectivity index (χ4n) is 4.02. The predicted octanol–water partition coefficient (Wildman–Crippen LogP) is 5.02. The summed E-state index contributed by atoms with van der Waals surface area (Å²) in [5.74, 6) is -2.00. The summed E-state index contributed by atoms with van der Waals surface area (Å²) >= 11 is 1.22. The molecule has 29 heavy (non-hydrogen) atoms. The summed E-state index contributed by atoms with van der Waals surface area (Å²) in [6.45, 7) is 2.71. The molecule has 2 fully saturated rings. The molecule has 8 heteroatoms. The molecule has 2 heterocycles. The van der Waals surface area contributed by atoms with Crippen molar-refractivity contribution in [3.63, 3.8) is 0 Å². The quantitative estimate of drug-likeness (QED) is 0.708. The van der Waals surface area contributed by atoms with E-state index in [1.54, 1.807) is 4.90 Å². The fraction of sp³-hybridized carbons (Fsp3) is 0.524. The van der Waals surface area contributed by atoms with Crippen LogP contribution in [0.2, 0.25) is 0 Å². The molecule has 1 aromatic heterocycles. The highest BCUT2D eigenvalue weighted by atomic mass is 32.1. The molecule has 1 aliphatic carbocycles. The smallest absolute Gasteiger partial charge is 0.303 e. The van der Waals surface area contributed by atoms with Crippen LogP contribution in [0.15, 0.2) is 12.1 Å². The van der Waals surface area contributed by atoms with E-state index >= 15 is 0 Å². The number of benzene rings is 1. The van der Waals surface area contributed by atoms with Gasteiger partial charge in [0.1, 0.15) is 17.3 Å². The third-order valence-electron chi connectivity index (χ3n) is 5.86. The normalized spacial score (nSPS) is 18.0. The van der Waals surface area contributed by atoms with Crippen molar-refractivity contribution in [1.29, 1.82) is 0 Å². The number of anilines is 1. The molecular formula is C21H24F2N2O3S. The topological polar surface area (TPSA) is 62.7 Å². The molecule has 4 rings (SSSR count). The highest BCUT2D eigenvalue weighted by molar-refractivity contribution is 7.08. The first-order valence-corrected chi connectivity index (χ1v) is 10.8. The first kappa shape index (κ1) is 20.1. The van der Waals surface area contributed by atoms with Gasteiger partial charge >= 0.3 is 5.97 Å². The van der Waals surface area contributed by atoms with Gasteiger partial charge in [0.15, 0.2) is 0 Å². The number of aliphatic carboxylic acids is 1. The van der Waals surface area contributed by atoms with E-state index in [0.717, 1.165) is 19.3 Å². The maximum Gasteiger partial charge on any atom is 0.303 e. The van der Waals surface area contributed by atoms with E-state index in [4.69, 9.17) is 9.84 Å². The van der Waals surface area contributed by atoms with Crippen molar-refractivity contribution in [1.82, 2.24) is 4.37 Å². The van der Waals surface area contributed by atoms with Crippen LogP contribution in [0, 0.1) is 24.5 Å². The second-order valence-electron chi connectivity index (χ2n) is 7.92. The number of rotatable bonds is 6. The summed E-state index contributed by atoms with van der Waals surface area (Å²) in [4.78, 5) is 12.6. The largest absolute Gasteiger partial charge is 0.481 e. The summed E-state index contributed by atoms with van der Waals surface area (Å²) in [6, 6.07) is 2.71. The van der Waals surface area contributed by atoms with Gasteiger partial charge in [-0.05, 0) is 62.6 Å². The number of halogens is 2. The van der Waals surface area contributed by atoms with Gasteiger partial charge in [-0.25, -0.2) is 8.78 Å². The number of carboxylic acid groups (broad SMARTS) is 1. The van der Waals surface area contributed by atoms with Gasteiger partial charge < -0.3 is 14.7 Å². The Morgan fingerprint density at radius 3 is 2.45 bits per heavy atom. The number of carbonyl (C=O) groups is 1. The molecule has 0 spiro atoms. The number of nitrogens with zero attached hydrogens (tertiary/aromatic N) is 2. The molecule has 0 bridgehead atoms. The Morgan fingerprint density at radius 2 is 1.90 bits per heavy atom. The molecule has 1 N–H and O–H groups in total. The molecule has 1 aliphatic heterocycles. The molecule has 1 saturated heterocycles. The first-order valence-electron chi connectivity index (χ1n) is 10.0. The van der Waals surface area contributed by atoms with Crippen LogP contribution in [0.1, 0.15) is 44.2 Å². The van der Waals surface area contributed by atoms with Crippen molar-refractivity contribution in [2.45, 2.75) is 51.6 Å². The van der Waals surface area contributed by atoms with Gasteiger partial charge in [-0.15, -0.1) is 0 Å². The summed E-state index contributed by atoms with van der Waals surface area (Å²) in [5.41, 5.74) is 1.76. The number of carboxylic acids is 1. The summed E-state index contributed by atoms with van der Waals surface area (Å²) < 4.78 is 40.2. The van der Waals surface area contributed by atoms with Crippen molar-refractivity contribution in [3.8, 4) is 16.2 Å². The third kappa shape index (κ3) is 4.22. The lowest BCUT2D eigenvalue weighted by Crippen LogP contribution is -2.35. The lowest BCUT2D eigenvalue weighted by molar-refractivity contribution is -0.138. The number of aryl methyl sites for hydroxylation is 1. The zero-order valence-corrected chi connectivity index (χ0v) is 17.1. The van der Waals surface area contributed by atoms with Crippen LogP contribution in [0.25, 0.3) is 11.1 Å². The van der Waals surface area contributed by atoms with Gasteiger partial charge in [-0.1, -0.05) is 0 Å². The van der Waals surface area contributed by atoms with Gasteiger partial charge in [-0.2, -0.15) is 4.37 Å². The van der Waals surface area contributed by atoms with Crippen molar-refractivity contribution in [2.24, 2.45) is 5.92 Å². The van der Waals surface area contributed by atoms with Crippen molar-refractivity contribution < 1.29 is 23.4 Å². The Morgan fingerprint density at radius 1 is 1.24 bits per heavy atom. The van der Waals surface area contributed by atoms with E-state index in [1.807, 2.05) is 6.92 Å². The summed E-state index contributed by atoms with van der Waals surface area (Å²) in [5, 5.41) is 9.55. The van der Waals surface area contributed by atoms with Gasteiger partial charge in [0, 0.05) is 31.0 Å². The molecule has 156 valence electrons. The van der Waals surface area contributed by atoms with E-state index in [1.165, 1.54) is 23.7 Å². The van der Waals surface area contributed by atoms with Crippen LogP contribution in [0.3, 0.4) is 0 Å². The third-order valence-corrected chi connectivity index (χ3v) is 6.69. The monoisotopic (exact) mass is 422 g/mol. The Bertz CT molecular complexity index is 882. The van der Waals surface area contributed by atoms with Crippen LogP contribution in [-0.4, -0.2) is 34.6 Å². The molecule has 1 aromatic carbocycles. The molecule has 2 aromatic rings. The first-order chi connectivity index (χ1) is 13.9. The van der Waals surface area contributed by atoms with E-state index in [0.29, 0.717) is 47.8 Å². The zero-order chi connectivity index (χ0) is 20.5. The van der Waals surface area contributed by atoms with Gasteiger partial charge in [0.25, 0.3) is 0 Å². The van der Waals surface area contributed by atoms with Gasteiger partial charge in [0.2, 0.25) is 5.06 Å². The summed E-state index contributed by atoms with van der Waals surface area (Å²) in [6.07, 6.45) is 4.62. The Hall–Kier alpha value is -2.22. The molecule has 1 saturated carbocycles. The maximum atomic E-state index is 15.0. The molecule has 0 radical (unpaired) electrons. The van der Waals surface area contributed by atoms with E-state index in [2.05, 4.69) is 4.37 Å². The Balaban J connectivity index is 1.56. The number of hydrogen-bond acceptors (Lipinski definition) is 5. The maximum absolute atomic E-state index is 15.0. The highest BCUT2D eigenvalue weighted by Crippen LogP contribution is 2.41. The number of hydrogen-bond donors (Lipinski definition) is 1. The Labute approximate surface area is 172 Å². The predicted molar refractivity (Wildman–Crippen MR) is 108 cm³/mol. The van der Waals surface area contributed by atoms with Crippen molar-refractivity contribution in [2.75, 3.05) is 18.0 Å². The van der Waals surface area contributed by atoms with Crippen molar-refractivity contribution in [3.05, 3.63) is 29.5 Å². The average Bonchev–Trinajstić information content (AvgIpc) is 2.99. The van der Waals surface area contributed by atoms with E-state index < -0.39 is 17.6 Å². The number of piperidine rings is 1. The zero-order valence-electron chi connectivity index (χ0n) is 16.3. The van der Waals surface area contributed by atoms with Crippen LogP contribution < -0.4 is 9.64 Å². The van der Waals surface area contributed by atoms with Crippen LogP contribution in [0.4, 0.5) is 14.5 Å². The van der Waals surface area contributed by atoms with Crippen LogP contribution in [-0.2, 0) is 4.79 Å². The van der Waals surface area contributed by atoms with Gasteiger partial charge in [0.05, 0.1) is 17.4 Å². The number of aromatic nitrogens is 1. The van der Waals surface area contributed by atoms with Crippen LogP contribution >= 0.6 is 11.5 Å². The second-order valence-corrected chi connectivity index (χ2v) is 8.65. The minimum atomic E-state index is -0.829. The van der Waals surface area contributed by atoms with E-state index in [-0.39, 0.29) is 24.1 Å². The minimum absolute atomic E-state index is 0.0372. The molecule has 0 unspecified atom stereocenters. The van der Waals surface area contributed by atoms with E-state index in [9.17, 15) is 13.6 Å². The van der Waals surface area contributed by atoms with Gasteiger partial charge in [-0.3, -0.25) is 4.79 Å². The van der Waals surface area contributed by atoms with Crippen LogP contribution in [0.5, 0.6) is 5.06 Å². The Kier molecular flexibility index (Phi) is 5.72. The van der Waals surface area contributed by atoms with Crippen molar-refractivity contribution >= 4 is 23.2 Å². The minimum Gasteiger partial charge on any atom is -0.481 e. The molecule has 5 nitrogen and oxygen atoms in total.